The molecule has 1 aromatic rings. The Morgan fingerprint density at radius 3 is 2.76 bits per heavy atom. The van der Waals surface area contributed by atoms with Gasteiger partial charge in [0.05, 0.1) is 0 Å². The lowest BCUT2D eigenvalue weighted by molar-refractivity contribution is -0.389. The SMILES string of the molecule is CC1C2CNCC2CN1S(=O)(=O)c1ccc([N+](=O)[O-])nc1. The second-order valence-corrected chi connectivity index (χ2v) is 7.40. The molecule has 0 saturated carbocycles. The zero-order valence-corrected chi connectivity index (χ0v) is 12.3. The molecule has 3 rings (SSSR count). The van der Waals surface area contributed by atoms with Crippen LogP contribution in [0.15, 0.2) is 23.2 Å². The molecular formula is C12H16N4O4S. The van der Waals surface area contributed by atoms with Crippen molar-refractivity contribution >= 4 is 15.8 Å². The molecule has 2 aliphatic heterocycles. The molecule has 1 aromatic heterocycles. The molecule has 2 aliphatic rings. The lowest BCUT2D eigenvalue weighted by Crippen LogP contribution is -2.38. The van der Waals surface area contributed by atoms with E-state index in [-0.39, 0.29) is 16.8 Å². The summed E-state index contributed by atoms with van der Waals surface area (Å²) in [6, 6.07) is 2.29. The van der Waals surface area contributed by atoms with Crippen molar-refractivity contribution in [3.8, 4) is 0 Å². The summed E-state index contributed by atoms with van der Waals surface area (Å²) in [4.78, 5) is 13.5. The third kappa shape index (κ3) is 2.30. The molecule has 0 bridgehead atoms. The summed E-state index contributed by atoms with van der Waals surface area (Å²) in [5.41, 5.74) is 0. The smallest absolute Gasteiger partial charge is 0.358 e. The second kappa shape index (κ2) is 5.00. The quantitative estimate of drug-likeness (QED) is 0.632. The van der Waals surface area contributed by atoms with Crippen molar-refractivity contribution in [3.63, 3.8) is 0 Å². The lowest BCUT2D eigenvalue weighted by Gasteiger charge is -2.23. The topological polar surface area (TPSA) is 105 Å². The Morgan fingerprint density at radius 1 is 1.43 bits per heavy atom. The van der Waals surface area contributed by atoms with E-state index in [9.17, 15) is 18.5 Å². The summed E-state index contributed by atoms with van der Waals surface area (Å²) in [5.74, 6) is 0.302. The van der Waals surface area contributed by atoms with E-state index in [1.165, 1.54) is 10.4 Å². The van der Waals surface area contributed by atoms with Gasteiger partial charge in [-0.2, -0.15) is 4.31 Å². The molecule has 2 fully saturated rings. The highest BCUT2D eigenvalue weighted by molar-refractivity contribution is 7.89. The van der Waals surface area contributed by atoms with Gasteiger partial charge in [0.25, 0.3) is 0 Å². The van der Waals surface area contributed by atoms with Gasteiger partial charge >= 0.3 is 5.82 Å². The molecular weight excluding hydrogens is 296 g/mol. The van der Waals surface area contributed by atoms with Gasteiger partial charge in [0.15, 0.2) is 6.20 Å². The largest absolute Gasteiger partial charge is 0.363 e. The maximum atomic E-state index is 12.7. The lowest BCUT2D eigenvalue weighted by atomic mass is 9.95. The molecule has 3 unspecified atom stereocenters. The average molecular weight is 312 g/mol. The van der Waals surface area contributed by atoms with E-state index in [2.05, 4.69) is 10.3 Å². The van der Waals surface area contributed by atoms with Gasteiger partial charge in [0, 0.05) is 18.7 Å². The van der Waals surface area contributed by atoms with Gasteiger partial charge in [-0.25, -0.2) is 8.42 Å². The number of hydrogen-bond acceptors (Lipinski definition) is 6. The number of hydrogen-bond donors (Lipinski definition) is 1. The first-order chi connectivity index (χ1) is 9.91. The third-order valence-corrected chi connectivity index (χ3v) is 6.33. The van der Waals surface area contributed by atoms with Crippen molar-refractivity contribution in [3.05, 3.63) is 28.4 Å². The molecule has 0 spiro atoms. The highest BCUT2D eigenvalue weighted by Crippen LogP contribution is 2.36. The maximum Gasteiger partial charge on any atom is 0.363 e. The van der Waals surface area contributed by atoms with Crippen LogP contribution in [-0.4, -0.2) is 48.3 Å². The zero-order chi connectivity index (χ0) is 15.2. The summed E-state index contributed by atoms with van der Waals surface area (Å²) < 4.78 is 26.8. The van der Waals surface area contributed by atoms with Crippen molar-refractivity contribution in [2.75, 3.05) is 19.6 Å². The van der Waals surface area contributed by atoms with Crippen LogP contribution in [0.5, 0.6) is 0 Å². The first-order valence-corrected chi connectivity index (χ1v) is 8.18. The minimum absolute atomic E-state index is 0.00730. The van der Waals surface area contributed by atoms with Crippen molar-refractivity contribution in [1.82, 2.24) is 14.6 Å². The van der Waals surface area contributed by atoms with E-state index in [1.807, 2.05) is 6.92 Å². The van der Waals surface area contributed by atoms with Crippen LogP contribution in [0.1, 0.15) is 6.92 Å². The fourth-order valence-electron chi connectivity index (χ4n) is 3.21. The predicted octanol–water partition coefficient (Wildman–Crippen LogP) is 0.218. The summed E-state index contributed by atoms with van der Waals surface area (Å²) >= 11 is 0. The fourth-order valence-corrected chi connectivity index (χ4v) is 4.89. The van der Waals surface area contributed by atoms with E-state index >= 15 is 0 Å². The summed E-state index contributed by atoms with van der Waals surface area (Å²) in [6.07, 6.45) is 1.06. The Labute approximate surface area is 122 Å². The van der Waals surface area contributed by atoms with Gasteiger partial charge in [-0.1, -0.05) is 0 Å². The molecule has 9 heteroatoms. The molecule has 3 heterocycles. The van der Waals surface area contributed by atoms with Crippen LogP contribution >= 0.6 is 0 Å². The van der Waals surface area contributed by atoms with Crippen LogP contribution in [0.4, 0.5) is 5.82 Å². The van der Waals surface area contributed by atoms with Crippen molar-refractivity contribution < 1.29 is 13.3 Å². The van der Waals surface area contributed by atoms with Gasteiger partial charge in [-0.05, 0) is 47.8 Å². The van der Waals surface area contributed by atoms with Crippen molar-refractivity contribution in [1.29, 1.82) is 0 Å². The van der Waals surface area contributed by atoms with Crippen LogP contribution in [0.2, 0.25) is 0 Å². The molecule has 8 nitrogen and oxygen atoms in total. The minimum Gasteiger partial charge on any atom is -0.358 e. The first-order valence-electron chi connectivity index (χ1n) is 6.74. The number of nitrogens with zero attached hydrogens (tertiary/aromatic N) is 3. The first kappa shape index (κ1) is 14.4. The average Bonchev–Trinajstić information content (AvgIpc) is 3.02. The molecule has 0 radical (unpaired) electrons. The monoisotopic (exact) mass is 312 g/mol. The molecule has 3 atom stereocenters. The molecule has 0 aliphatic carbocycles. The van der Waals surface area contributed by atoms with Gasteiger partial charge < -0.3 is 15.4 Å². The highest BCUT2D eigenvalue weighted by Gasteiger charge is 2.47. The molecule has 21 heavy (non-hydrogen) atoms. The van der Waals surface area contributed by atoms with Crippen molar-refractivity contribution in [2.45, 2.75) is 17.9 Å². The molecule has 2 saturated heterocycles. The van der Waals surface area contributed by atoms with Crippen LogP contribution in [0, 0.1) is 22.0 Å². The van der Waals surface area contributed by atoms with Crippen LogP contribution in [0.3, 0.4) is 0 Å². The number of fused-ring (bicyclic) bond motifs is 1. The Morgan fingerprint density at radius 2 is 2.19 bits per heavy atom. The van der Waals surface area contributed by atoms with E-state index < -0.39 is 14.9 Å². The number of rotatable bonds is 3. The zero-order valence-electron chi connectivity index (χ0n) is 11.5. The third-order valence-electron chi connectivity index (χ3n) is 4.39. The Balaban J connectivity index is 1.88. The molecule has 0 amide bonds. The highest BCUT2D eigenvalue weighted by atomic mass is 32.2. The second-order valence-electron chi connectivity index (χ2n) is 5.51. The number of sulfonamides is 1. The van der Waals surface area contributed by atoms with E-state index in [4.69, 9.17) is 0 Å². The summed E-state index contributed by atoms with van der Waals surface area (Å²) in [5, 5.41) is 13.9. The van der Waals surface area contributed by atoms with E-state index in [0.29, 0.717) is 18.4 Å². The van der Waals surface area contributed by atoms with Gasteiger partial charge in [0.2, 0.25) is 10.0 Å². The van der Waals surface area contributed by atoms with Crippen LogP contribution in [-0.2, 0) is 10.0 Å². The minimum atomic E-state index is -3.65. The Bertz CT molecular complexity index is 660. The van der Waals surface area contributed by atoms with Crippen LogP contribution < -0.4 is 5.32 Å². The number of aromatic nitrogens is 1. The normalized spacial score (nSPS) is 29.5. The summed E-state index contributed by atoms with van der Waals surface area (Å²) in [6.45, 7) is 4.06. The summed E-state index contributed by atoms with van der Waals surface area (Å²) in [7, 11) is -3.65. The number of pyridine rings is 1. The maximum absolute atomic E-state index is 12.7. The van der Waals surface area contributed by atoms with Gasteiger partial charge in [-0.3, -0.25) is 0 Å². The molecule has 114 valence electrons. The molecule has 0 aromatic carbocycles. The number of nitrogens with one attached hydrogen (secondary N) is 1. The van der Waals surface area contributed by atoms with Crippen molar-refractivity contribution in [2.24, 2.45) is 11.8 Å². The van der Waals surface area contributed by atoms with E-state index in [0.717, 1.165) is 25.4 Å². The van der Waals surface area contributed by atoms with E-state index in [1.54, 1.807) is 0 Å². The van der Waals surface area contributed by atoms with Gasteiger partial charge in [0.1, 0.15) is 4.90 Å². The Kier molecular flexibility index (Phi) is 3.42. The fraction of sp³-hybridized carbons (Fsp3) is 0.583. The number of nitro groups is 1. The Hall–Kier alpha value is -1.58. The van der Waals surface area contributed by atoms with Gasteiger partial charge in [-0.15, -0.1) is 0 Å². The van der Waals surface area contributed by atoms with Crippen LogP contribution in [0.25, 0.3) is 0 Å². The predicted molar refractivity (Wildman–Crippen MR) is 74.1 cm³/mol. The standard InChI is InChI=1S/C12H16N4O4S/c1-8-11-6-13-4-9(11)7-15(8)21(19,20)10-2-3-12(14-5-10)16(17)18/h2-3,5,8-9,11,13H,4,6-7H2,1H3. The molecule has 1 N–H and O–H groups in total.